The number of hydrogen-bond acceptors (Lipinski definition) is 0. The van der Waals surface area contributed by atoms with Gasteiger partial charge in [0.15, 0.2) is 0 Å². The molecule has 0 bridgehead atoms. The van der Waals surface area contributed by atoms with Crippen molar-refractivity contribution in [3.8, 4) is 12.3 Å². The molecule has 1 fully saturated rings. The first-order valence-electron chi connectivity index (χ1n) is 4.95. The minimum Gasteiger partial charge on any atom is -0.120 e. The third-order valence-corrected chi connectivity index (χ3v) is 2.85. The molecule has 0 unspecified atom stereocenters. The van der Waals surface area contributed by atoms with E-state index in [-0.39, 0.29) is 0 Å². The Labute approximate surface area is 76.1 Å². The Hall–Kier alpha value is -0.700. The average molecular weight is 162 g/mol. The molecule has 0 nitrogen and oxygen atoms in total. The third-order valence-electron chi connectivity index (χ3n) is 2.85. The summed E-state index contributed by atoms with van der Waals surface area (Å²) in [7, 11) is 0. The van der Waals surface area contributed by atoms with E-state index in [1.807, 2.05) is 6.08 Å². The zero-order valence-corrected chi connectivity index (χ0v) is 7.76. The van der Waals surface area contributed by atoms with Crippen LogP contribution in [0.2, 0.25) is 0 Å². The van der Waals surface area contributed by atoms with E-state index in [2.05, 4.69) is 12.5 Å². The van der Waals surface area contributed by atoms with Crippen molar-refractivity contribution in [3.05, 3.63) is 12.7 Å². The van der Waals surface area contributed by atoms with E-state index in [0.717, 1.165) is 12.3 Å². The van der Waals surface area contributed by atoms with Gasteiger partial charge in [0.2, 0.25) is 0 Å². The Morgan fingerprint density at radius 1 is 1.42 bits per heavy atom. The summed E-state index contributed by atoms with van der Waals surface area (Å²) in [4.78, 5) is 0. The quantitative estimate of drug-likeness (QED) is 0.441. The summed E-state index contributed by atoms with van der Waals surface area (Å²) < 4.78 is 0. The number of rotatable bonds is 3. The second-order valence-electron chi connectivity index (χ2n) is 3.70. The molecule has 0 aromatic rings. The van der Waals surface area contributed by atoms with E-state index in [4.69, 9.17) is 6.42 Å². The molecule has 1 rings (SSSR count). The maximum Gasteiger partial charge on any atom is 0.0262 e. The average Bonchev–Trinajstić information content (AvgIpc) is 2.15. The summed E-state index contributed by atoms with van der Waals surface area (Å²) in [6.45, 7) is 3.75. The van der Waals surface area contributed by atoms with E-state index in [0.29, 0.717) is 5.92 Å². The Balaban J connectivity index is 2.41. The van der Waals surface area contributed by atoms with Crippen LogP contribution in [0.1, 0.15) is 38.5 Å². The van der Waals surface area contributed by atoms with E-state index in [1.165, 1.54) is 32.1 Å². The van der Waals surface area contributed by atoms with Crippen LogP contribution in [0.3, 0.4) is 0 Å². The van der Waals surface area contributed by atoms with Crippen LogP contribution >= 0.6 is 0 Å². The van der Waals surface area contributed by atoms with Crippen LogP contribution < -0.4 is 0 Å². The number of terminal acetylenes is 1. The maximum absolute atomic E-state index is 5.49. The third kappa shape index (κ3) is 2.41. The van der Waals surface area contributed by atoms with E-state index in [1.54, 1.807) is 0 Å². The van der Waals surface area contributed by atoms with Crippen molar-refractivity contribution >= 4 is 0 Å². The lowest BCUT2D eigenvalue weighted by molar-refractivity contribution is 0.294. The van der Waals surface area contributed by atoms with Gasteiger partial charge in [0.1, 0.15) is 0 Å². The smallest absolute Gasteiger partial charge is 0.0262 e. The molecular weight excluding hydrogens is 144 g/mol. The van der Waals surface area contributed by atoms with Crippen LogP contribution in [0.5, 0.6) is 0 Å². The summed E-state index contributed by atoms with van der Waals surface area (Å²) in [5.74, 6) is 4.14. The van der Waals surface area contributed by atoms with Crippen molar-refractivity contribution in [2.75, 3.05) is 0 Å². The van der Waals surface area contributed by atoms with Gasteiger partial charge in [-0.1, -0.05) is 25.3 Å². The first-order valence-corrected chi connectivity index (χ1v) is 4.95. The van der Waals surface area contributed by atoms with Crippen LogP contribution in [-0.2, 0) is 0 Å². The van der Waals surface area contributed by atoms with Crippen molar-refractivity contribution < 1.29 is 0 Å². The first kappa shape index (κ1) is 9.39. The maximum atomic E-state index is 5.49. The fourth-order valence-electron chi connectivity index (χ4n) is 2.11. The van der Waals surface area contributed by atoms with Crippen LogP contribution in [-0.4, -0.2) is 0 Å². The summed E-state index contributed by atoms with van der Waals surface area (Å²) in [5, 5.41) is 0. The van der Waals surface area contributed by atoms with Gasteiger partial charge in [0.25, 0.3) is 0 Å². The molecule has 1 atom stereocenters. The zero-order chi connectivity index (χ0) is 8.81. The molecule has 0 amide bonds. The molecule has 66 valence electrons. The van der Waals surface area contributed by atoms with Crippen LogP contribution in [0.15, 0.2) is 12.7 Å². The summed E-state index contributed by atoms with van der Waals surface area (Å²) in [6, 6.07) is 0. The van der Waals surface area contributed by atoms with Gasteiger partial charge in [-0.15, -0.1) is 18.9 Å². The van der Waals surface area contributed by atoms with Crippen molar-refractivity contribution in [3.63, 3.8) is 0 Å². The van der Waals surface area contributed by atoms with Gasteiger partial charge < -0.3 is 0 Å². The molecule has 1 saturated carbocycles. The van der Waals surface area contributed by atoms with Crippen molar-refractivity contribution in [2.24, 2.45) is 11.8 Å². The molecule has 1 aliphatic rings. The summed E-state index contributed by atoms with van der Waals surface area (Å²) in [5.41, 5.74) is 0. The lowest BCUT2D eigenvalue weighted by Crippen LogP contribution is -2.15. The van der Waals surface area contributed by atoms with Crippen molar-refractivity contribution in [1.82, 2.24) is 0 Å². The molecule has 1 aliphatic carbocycles. The lowest BCUT2D eigenvalue weighted by atomic mass is 9.79. The molecule has 0 radical (unpaired) electrons. The highest BCUT2D eigenvalue weighted by molar-refractivity contribution is 4.99. The Kier molecular flexibility index (Phi) is 3.94. The molecular formula is C12H18. The minimum atomic E-state index is 0.461. The van der Waals surface area contributed by atoms with Crippen molar-refractivity contribution in [1.29, 1.82) is 0 Å². The van der Waals surface area contributed by atoms with Gasteiger partial charge >= 0.3 is 0 Å². The monoisotopic (exact) mass is 162 g/mol. The number of hydrogen-bond donors (Lipinski definition) is 0. The van der Waals surface area contributed by atoms with Gasteiger partial charge in [-0.3, -0.25) is 0 Å². The fourth-order valence-corrected chi connectivity index (χ4v) is 2.11. The Morgan fingerprint density at radius 2 is 2.08 bits per heavy atom. The standard InChI is InChI=1S/C12H18/c1-3-8-11(4-2)12-9-6-5-7-10-12/h2-3,11-12H,1,5-10H2/t11-/m1/s1. The SMILES string of the molecule is C#C[C@H](CC=C)C1CCCCC1. The Bertz CT molecular complexity index is 167. The zero-order valence-electron chi connectivity index (χ0n) is 7.76. The largest absolute Gasteiger partial charge is 0.120 e. The predicted molar refractivity (Wildman–Crippen MR) is 53.7 cm³/mol. The highest BCUT2D eigenvalue weighted by atomic mass is 14.2. The molecule has 0 saturated heterocycles. The molecule has 12 heavy (non-hydrogen) atoms. The van der Waals surface area contributed by atoms with E-state index >= 15 is 0 Å². The molecule has 0 heteroatoms. The molecule has 0 heterocycles. The molecule has 0 aromatic carbocycles. The minimum absolute atomic E-state index is 0.461. The molecule has 0 aromatic heterocycles. The van der Waals surface area contributed by atoms with Crippen LogP contribution in [0, 0.1) is 24.2 Å². The highest BCUT2D eigenvalue weighted by Crippen LogP contribution is 2.31. The van der Waals surface area contributed by atoms with E-state index < -0.39 is 0 Å². The van der Waals surface area contributed by atoms with Gasteiger partial charge in [-0.05, 0) is 25.2 Å². The first-order chi connectivity index (χ1) is 5.88. The topological polar surface area (TPSA) is 0 Å². The lowest BCUT2D eigenvalue weighted by Gasteiger charge is -2.25. The second-order valence-corrected chi connectivity index (χ2v) is 3.70. The van der Waals surface area contributed by atoms with Gasteiger partial charge in [-0.25, -0.2) is 0 Å². The fraction of sp³-hybridized carbons (Fsp3) is 0.667. The normalized spacial score (nSPS) is 21.2. The summed E-state index contributed by atoms with van der Waals surface area (Å²) >= 11 is 0. The number of allylic oxidation sites excluding steroid dienone is 1. The van der Waals surface area contributed by atoms with Crippen LogP contribution in [0.4, 0.5) is 0 Å². The van der Waals surface area contributed by atoms with Gasteiger partial charge in [-0.2, -0.15) is 0 Å². The van der Waals surface area contributed by atoms with E-state index in [9.17, 15) is 0 Å². The highest BCUT2D eigenvalue weighted by Gasteiger charge is 2.20. The van der Waals surface area contributed by atoms with Crippen LogP contribution in [0.25, 0.3) is 0 Å². The summed E-state index contributed by atoms with van der Waals surface area (Å²) in [6.07, 6.45) is 15.3. The molecule has 0 spiro atoms. The van der Waals surface area contributed by atoms with Crippen molar-refractivity contribution in [2.45, 2.75) is 38.5 Å². The second kappa shape index (κ2) is 5.04. The Morgan fingerprint density at radius 3 is 2.58 bits per heavy atom. The van der Waals surface area contributed by atoms with Gasteiger partial charge in [0.05, 0.1) is 0 Å². The van der Waals surface area contributed by atoms with Gasteiger partial charge in [0, 0.05) is 5.92 Å². The molecule has 0 N–H and O–H groups in total. The molecule has 0 aliphatic heterocycles. The predicted octanol–water partition coefficient (Wildman–Crippen LogP) is 3.39.